The largest absolute Gasteiger partial charge is 0.335 e. The van der Waals surface area contributed by atoms with E-state index in [-0.39, 0.29) is 24.5 Å². The second kappa shape index (κ2) is 12.2. The Balaban J connectivity index is 0.00000341. The smallest absolute Gasteiger partial charge is 0.320 e. The van der Waals surface area contributed by atoms with Crippen molar-refractivity contribution in [2.75, 3.05) is 11.9 Å². The van der Waals surface area contributed by atoms with Crippen LogP contribution in [0.3, 0.4) is 0 Å². The van der Waals surface area contributed by atoms with Crippen molar-refractivity contribution in [2.45, 2.75) is 97.3 Å². The summed E-state index contributed by atoms with van der Waals surface area (Å²) >= 11 is 0. The van der Waals surface area contributed by atoms with Gasteiger partial charge in [-0.3, -0.25) is 10.2 Å². The number of amides is 2. The van der Waals surface area contributed by atoms with E-state index in [1.165, 1.54) is 25.6 Å². The molecule has 1 aliphatic rings. The van der Waals surface area contributed by atoms with Gasteiger partial charge in [-0.25, -0.2) is 19.4 Å². The molecule has 0 spiro atoms. The number of rotatable bonds is 9. The number of aromatic nitrogens is 4. The van der Waals surface area contributed by atoms with Crippen molar-refractivity contribution >= 4 is 35.3 Å². The van der Waals surface area contributed by atoms with Gasteiger partial charge in [0, 0.05) is 24.7 Å². The fraction of sp³-hybridized carbons (Fsp3) is 0.727. The Bertz CT molecular complexity index is 809. The van der Waals surface area contributed by atoms with Gasteiger partial charge in [0.05, 0.1) is 11.6 Å². The van der Waals surface area contributed by atoms with Gasteiger partial charge in [-0.2, -0.15) is 5.10 Å². The maximum absolute atomic E-state index is 12.4. The highest BCUT2D eigenvalue weighted by atomic mass is 35.5. The van der Waals surface area contributed by atoms with Gasteiger partial charge in [0.25, 0.3) is 0 Å². The zero-order chi connectivity index (χ0) is 21.5. The van der Waals surface area contributed by atoms with E-state index in [1.807, 2.05) is 4.68 Å². The molecule has 1 saturated carbocycles. The lowest BCUT2D eigenvalue weighted by molar-refractivity contribution is 0.171. The Hall–Kier alpha value is -1.93. The molecule has 0 unspecified atom stereocenters. The summed E-state index contributed by atoms with van der Waals surface area (Å²) in [4.78, 5) is 23.6. The Morgan fingerprint density at radius 2 is 1.84 bits per heavy atom. The van der Waals surface area contributed by atoms with E-state index in [0.717, 1.165) is 49.8 Å². The lowest BCUT2D eigenvalue weighted by Gasteiger charge is -2.30. The quantitative estimate of drug-likeness (QED) is 0.544. The Labute approximate surface area is 192 Å². The van der Waals surface area contributed by atoms with Gasteiger partial charge in [-0.1, -0.05) is 19.3 Å². The Morgan fingerprint density at radius 3 is 2.52 bits per heavy atom. The lowest BCUT2D eigenvalue weighted by Crippen LogP contribution is -2.39. The van der Waals surface area contributed by atoms with Crippen LogP contribution in [0.25, 0.3) is 11.0 Å². The summed E-state index contributed by atoms with van der Waals surface area (Å²) in [5, 5.41) is 11.2. The number of anilines is 1. The first-order valence-corrected chi connectivity index (χ1v) is 11.5. The first-order valence-electron chi connectivity index (χ1n) is 11.5. The summed E-state index contributed by atoms with van der Waals surface area (Å²) in [6, 6.07) is 1.17. The molecule has 1 fully saturated rings. The number of nitrogens with one attached hydrogen (secondary N) is 2. The van der Waals surface area contributed by atoms with Crippen LogP contribution >= 0.6 is 12.4 Å². The van der Waals surface area contributed by atoms with Crippen LogP contribution in [0.4, 0.5) is 10.6 Å². The number of unbranched alkanes of at least 4 members (excludes halogenated alkanes) is 1. The van der Waals surface area contributed by atoms with Crippen LogP contribution in [0, 0.1) is 0 Å². The fourth-order valence-corrected chi connectivity index (χ4v) is 4.40. The molecule has 2 N–H and O–H groups in total. The average Bonchev–Trinajstić information content (AvgIpc) is 3.12. The fourth-order valence-electron chi connectivity index (χ4n) is 4.40. The van der Waals surface area contributed by atoms with Crippen LogP contribution in [0.15, 0.2) is 12.5 Å². The summed E-state index contributed by atoms with van der Waals surface area (Å²) in [5.41, 5.74) is 0.766. The second-order valence-electron chi connectivity index (χ2n) is 8.89. The SMILES string of the molecule is CC(C)N(CCCCn1ncc2c(NC(=O)NC3CCCCC3)ncnc21)C(C)C.Cl. The van der Waals surface area contributed by atoms with Gasteiger partial charge in [0.2, 0.25) is 0 Å². The highest BCUT2D eigenvalue weighted by Gasteiger charge is 2.18. The van der Waals surface area contributed by atoms with Gasteiger partial charge in [0.15, 0.2) is 5.65 Å². The number of aryl methyl sites for hydroxylation is 1. The number of urea groups is 1. The third-order valence-corrected chi connectivity index (χ3v) is 5.97. The monoisotopic (exact) mass is 451 g/mol. The molecule has 0 aromatic carbocycles. The topological polar surface area (TPSA) is 88.0 Å². The molecule has 2 aromatic heterocycles. The minimum atomic E-state index is -0.197. The van der Waals surface area contributed by atoms with Gasteiger partial charge in [-0.15, -0.1) is 12.4 Å². The van der Waals surface area contributed by atoms with Crippen LogP contribution in [-0.2, 0) is 6.54 Å². The number of hydrogen-bond acceptors (Lipinski definition) is 5. The zero-order valence-corrected chi connectivity index (χ0v) is 20.1. The van der Waals surface area contributed by atoms with Crippen molar-refractivity contribution in [3.05, 3.63) is 12.5 Å². The van der Waals surface area contributed by atoms with E-state index in [9.17, 15) is 4.79 Å². The van der Waals surface area contributed by atoms with Crippen LogP contribution in [0.5, 0.6) is 0 Å². The summed E-state index contributed by atoms with van der Waals surface area (Å²) in [7, 11) is 0. The second-order valence-corrected chi connectivity index (χ2v) is 8.89. The van der Waals surface area contributed by atoms with Crippen molar-refractivity contribution < 1.29 is 4.79 Å². The molecule has 8 nitrogen and oxygen atoms in total. The van der Waals surface area contributed by atoms with E-state index < -0.39 is 0 Å². The number of hydrogen-bond donors (Lipinski definition) is 2. The molecule has 0 saturated heterocycles. The van der Waals surface area contributed by atoms with Crippen molar-refractivity contribution in [1.29, 1.82) is 0 Å². The number of carbonyl (C=O) groups is 1. The summed E-state index contributed by atoms with van der Waals surface area (Å²) in [6.07, 6.45) is 11.1. The third-order valence-electron chi connectivity index (χ3n) is 5.97. The molecule has 0 bridgehead atoms. The molecule has 31 heavy (non-hydrogen) atoms. The molecule has 9 heteroatoms. The van der Waals surface area contributed by atoms with E-state index in [1.54, 1.807) is 6.20 Å². The predicted molar refractivity (Wildman–Crippen MR) is 128 cm³/mol. The Morgan fingerprint density at radius 1 is 1.13 bits per heavy atom. The molecule has 2 aromatic rings. The number of halogens is 1. The third kappa shape index (κ3) is 7.04. The normalized spacial score (nSPS) is 14.9. The van der Waals surface area contributed by atoms with Crippen molar-refractivity contribution in [3.63, 3.8) is 0 Å². The molecule has 174 valence electrons. The average molecular weight is 452 g/mol. The van der Waals surface area contributed by atoms with Crippen LogP contribution in [0.1, 0.15) is 72.6 Å². The molecule has 2 amide bonds. The first kappa shape index (κ1) is 25.3. The number of fused-ring (bicyclic) bond motifs is 1. The summed E-state index contributed by atoms with van der Waals surface area (Å²) in [5.74, 6) is 0.519. The molecule has 2 heterocycles. The maximum atomic E-state index is 12.4. The molecule has 0 aliphatic heterocycles. The molecular weight excluding hydrogens is 414 g/mol. The molecule has 0 radical (unpaired) electrons. The van der Waals surface area contributed by atoms with Gasteiger partial charge >= 0.3 is 6.03 Å². The minimum Gasteiger partial charge on any atom is -0.335 e. The Kier molecular flexibility index (Phi) is 9.96. The van der Waals surface area contributed by atoms with Gasteiger partial charge < -0.3 is 5.32 Å². The standard InChI is InChI=1S/C22H37N7O.ClH/c1-16(2)28(17(3)4)12-8-9-13-29-21-19(14-25-29)20(23-15-24-21)27-22(30)26-18-10-6-5-7-11-18;/h14-18H,5-13H2,1-4H3,(H2,23,24,26,27,30);1H. The van der Waals surface area contributed by atoms with Crippen molar-refractivity contribution in [1.82, 2.24) is 30.0 Å². The molecule has 3 rings (SSSR count). The molecule has 1 aliphatic carbocycles. The minimum absolute atomic E-state index is 0. The van der Waals surface area contributed by atoms with Crippen LogP contribution in [-0.4, -0.2) is 55.3 Å². The number of nitrogens with zero attached hydrogens (tertiary/aromatic N) is 5. The highest BCUT2D eigenvalue weighted by molar-refractivity contribution is 5.97. The summed E-state index contributed by atoms with van der Waals surface area (Å²) in [6.45, 7) is 10.9. The van der Waals surface area contributed by atoms with Crippen molar-refractivity contribution in [3.8, 4) is 0 Å². The van der Waals surface area contributed by atoms with Crippen LogP contribution in [0.2, 0.25) is 0 Å². The van der Waals surface area contributed by atoms with Crippen molar-refractivity contribution in [2.24, 2.45) is 0 Å². The first-order chi connectivity index (χ1) is 14.5. The van der Waals surface area contributed by atoms with Gasteiger partial charge in [0.1, 0.15) is 12.1 Å². The molecule has 0 atom stereocenters. The van der Waals surface area contributed by atoms with E-state index in [2.05, 4.69) is 58.3 Å². The zero-order valence-electron chi connectivity index (χ0n) is 19.3. The van der Waals surface area contributed by atoms with E-state index in [0.29, 0.717) is 17.9 Å². The maximum Gasteiger partial charge on any atom is 0.320 e. The number of carbonyl (C=O) groups excluding carboxylic acids is 1. The van der Waals surface area contributed by atoms with E-state index in [4.69, 9.17) is 0 Å². The van der Waals surface area contributed by atoms with Crippen LogP contribution < -0.4 is 10.6 Å². The van der Waals surface area contributed by atoms with E-state index >= 15 is 0 Å². The predicted octanol–water partition coefficient (Wildman–Crippen LogP) is 4.60. The van der Waals surface area contributed by atoms with Gasteiger partial charge in [-0.05, 0) is 59.9 Å². The highest BCUT2D eigenvalue weighted by Crippen LogP contribution is 2.20. The summed E-state index contributed by atoms with van der Waals surface area (Å²) < 4.78 is 1.91. The lowest BCUT2D eigenvalue weighted by atomic mass is 9.96. The molecular formula is C22H38ClN7O.